The lowest BCUT2D eigenvalue weighted by Crippen LogP contribution is -2.36. The van der Waals surface area contributed by atoms with Gasteiger partial charge in [0.2, 0.25) is 0 Å². The van der Waals surface area contributed by atoms with Crippen molar-refractivity contribution in [2.24, 2.45) is 0 Å². The Labute approximate surface area is 150 Å². The first-order chi connectivity index (χ1) is 12.7. The van der Waals surface area contributed by atoms with Crippen molar-refractivity contribution in [2.75, 3.05) is 19.6 Å². The van der Waals surface area contributed by atoms with Crippen LogP contribution < -0.4 is 10.7 Å². The number of benzene rings is 1. The molecule has 3 aromatic rings. The number of nitrogens with one attached hydrogen (secondary N) is 1. The molecule has 134 valence electrons. The molecule has 1 aromatic carbocycles. The molecule has 6 nitrogen and oxygen atoms in total. The average molecular weight is 352 g/mol. The summed E-state index contributed by atoms with van der Waals surface area (Å²) in [5, 5.41) is 3.35. The minimum absolute atomic E-state index is 0.0216. The first kappa shape index (κ1) is 16.6. The van der Waals surface area contributed by atoms with Crippen LogP contribution in [0.1, 0.15) is 35.2 Å². The molecule has 0 unspecified atom stereocenters. The zero-order valence-corrected chi connectivity index (χ0v) is 14.3. The quantitative estimate of drug-likeness (QED) is 0.764. The third kappa shape index (κ3) is 3.28. The number of hydrogen-bond acceptors (Lipinski definition) is 5. The molecule has 1 saturated heterocycles. The second kappa shape index (κ2) is 7.17. The Morgan fingerprint density at radius 3 is 2.73 bits per heavy atom. The third-order valence-electron chi connectivity index (χ3n) is 4.77. The normalized spacial score (nSPS) is 16.0. The van der Waals surface area contributed by atoms with Gasteiger partial charge in [0.05, 0.1) is 17.7 Å². The lowest BCUT2D eigenvalue weighted by molar-refractivity contribution is 0.0906. The number of furan rings is 1. The smallest absolute Gasteiger partial charge is 0.287 e. The Hall–Kier alpha value is -2.86. The molecule has 1 amide bonds. The van der Waals surface area contributed by atoms with Crippen molar-refractivity contribution < 1.29 is 13.6 Å². The van der Waals surface area contributed by atoms with Gasteiger partial charge in [0.25, 0.3) is 5.91 Å². The van der Waals surface area contributed by atoms with E-state index < -0.39 is 5.91 Å². The highest BCUT2D eigenvalue weighted by atomic mass is 16.3. The van der Waals surface area contributed by atoms with E-state index in [1.807, 2.05) is 12.1 Å². The van der Waals surface area contributed by atoms with Crippen molar-refractivity contribution in [3.8, 4) is 0 Å². The molecule has 0 aliphatic carbocycles. The molecule has 0 radical (unpaired) electrons. The highest BCUT2D eigenvalue weighted by Crippen LogP contribution is 2.25. The molecule has 3 heterocycles. The van der Waals surface area contributed by atoms with Crippen LogP contribution in [-0.4, -0.2) is 30.4 Å². The maximum absolute atomic E-state index is 12.5. The summed E-state index contributed by atoms with van der Waals surface area (Å²) < 4.78 is 11.2. The fourth-order valence-corrected chi connectivity index (χ4v) is 3.44. The molecule has 1 aliphatic heterocycles. The van der Waals surface area contributed by atoms with Gasteiger partial charge in [-0.15, -0.1) is 0 Å². The van der Waals surface area contributed by atoms with Gasteiger partial charge in [-0.2, -0.15) is 0 Å². The molecule has 6 heteroatoms. The number of likely N-dealkylation sites (tertiary alicyclic amines) is 1. The van der Waals surface area contributed by atoms with E-state index in [0.717, 1.165) is 31.7 Å². The number of carbonyl (C=O) groups excluding carboxylic acids is 1. The van der Waals surface area contributed by atoms with Crippen LogP contribution in [0.5, 0.6) is 0 Å². The molecule has 1 atom stereocenters. The van der Waals surface area contributed by atoms with E-state index in [4.69, 9.17) is 8.83 Å². The van der Waals surface area contributed by atoms with Crippen LogP contribution in [0.4, 0.5) is 0 Å². The lowest BCUT2D eigenvalue weighted by Gasteiger charge is -2.25. The van der Waals surface area contributed by atoms with Crippen LogP contribution in [0, 0.1) is 0 Å². The zero-order valence-electron chi connectivity index (χ0n) is 14.3. The standard InChI is InChI=1S/C20H20N2O4/c23-16-12-19(26-17-7-2-1-6-14(16)17)20(24)21-13-15(18-8-5-11-25-18)22-9-3-4-10-22/h1-2,5-8,11-12,15H,3-4,9-10,13H2,(H,21,24)/t15-/m0/s1. The van der Waals surface area contributed by atoms with E-state index in [0.29, 0.717) is 17.5 Å². The number of fused-ring (bicyclic) bond motifs is 1. The van der Waals surface area contributed by atoms with Crippen LogP contribution >= 0.6 is 0 Å². The van der Waals surface area contributed by atoms with Crippen molar-refractivity contribution >= 4 is 16.9 Å². The number of para-hydroxylation sites is 1. The summed E-state index contributed by atoms with van der Waals surface area (Å²) in [4.78, 5) is 27.0. The summed E-state index contributed by atoms with van der Waals surface area (Å²) in [6.07, 6.45) is 3.93. The minimum Gasteiger partial charge on any atom is -0.468 e. The van der Waals surface area contributed by atoms with Crippen LogP contribution in [0.15, 0.2) is 62.4 Å². The SMILES string of the molecule is O=C(NC[C@@H](c1ccco1)N1CCCC1)c1cc(=O)c2ccccc2o1. The maximum atomic E-state index is 12.5. The summed E-state index contributed by atoms with van der Waals surface area (Å²) in [7, 11) is 0. The number of nitrogens with zero attached hydrogens (tertiary/aromatic N) is 1. The van der Waals surface area contributed by atoms with Crippen molar-refractivity contribution in [3.05, 3.63) is 70.5 Å². The van der Waals surface area contributed by atoms with Crippen LogP contribution in [0.25, 0.3) is 11.0 Å². The summed E-state index contributed by atoms with van der Waals surface area (Å²) >= 11 is 0. The van der Waals surface area contributed by atoms with Gasteiger partial charge in [0, 0.05) is 12.6 Å². The first-order valence-corrected chi connectivity index (χ1v) is 8.81. The van der Waals surface area contributed by atoms with Crippen molar-refractivity contribution in [1.82, 2.24) is 10.2 Å². The van der Waals surface area contributed by atoms with Gasteiger partial charge in [-0.25, -0.2) is 0 Å². The topological polar surface area (TPSA) is 75.7 Å². The molecular formula is C20H20N2O4. The predicted molar refractivity (Wildman–Crippen MR) is 97.1 cm³/mol. The minimum atomic E-state index is -0.399. The van der Waals surface area contributed by atoms with Gasteiger partial charge in [-0.05, 0) is 50.2 Å². The second-order valence-corrected chi connectivity index (χ2v) is 6.46. The molecule has 1 fully saturated rings. The highest BCUT2D eigenvalue weighted by Gasteiger charge is 2.26. The molecular weight excluding hydrogens is 332 g/mol. The molecule has 0 spiro atoms. The van der Waals surface area contributed by atoms with Gasteiger partial charge in [-0.1, -0.05) is 12.1 Å². The molecule has 0 bridgehead atoms. The first-order valence-electron chi connectivity index (χ1n) is 8.81. The van der Waals surface area contributed by atoms with E-state index >= 15 is 0 Å². The largest absolute Gasteiger partial charge is 0.468 e. The summed E-state index contributed by atoms with van der Waals surface area (Å²) in [5.74, 6) is 0.448. The molecule has 2 aromatic heterocycles. The zero-order chi connectivity index (χ0) is 17.9. The highest BCUT2D eigenvalue weighted by molar-refractivity contribution is 5.93. The van der Waals surface area contributed by atoms with Crippen LogP contribution in [0.3, 0.4) is 0 Å². The lowest BCUT2D eigenvalue weighted by atomic mass is 10.2. The third-order valence-corrected chi connectivity index (χ3v) is 4.77. The van der Waals surface area contributed by atoms with Crippen molar-refractivity contribution in [3.63, 3.8) is 0 Å². The number of amides is 1. The van der Waals surface area contributed by atoms with Crippen molar-refractivity contribution in [1.29, 1.82) is 0 Å². The van der Waals surface area contributed by atoms with E-state index in [1.54, 1.807) is 30.5 Å². The Balaban J connectivity index is 1.53. The van der Waals surface area contributed by atoms with E-state index in [-0.39, 0.29) is 17.2 Å². The average Bonchev–Trinajstić information content (AvgIpc) is 3.36. The molecule has 1 N–H and O–H groups in total. The van der Waals surface area contributed by atoms with E-state index in [2.05, 4.69) is 10.2 Å². The maximum Gasteiger partial charge on any atom is 0.287 e. The number of hydrogen-bond donors (Lipinski definition) is 1. The van der Waals surface area contributed by atoms with E-state index in [1.165, 1.54) is 6.07 Å². The van der Waals surface area contributed by atoms with E-state index in [9.17, 15) is 9.59 Å². The van der Waals surface area contributed by atoms with Crippen LogP contribution in [0.2, 0.25) is 0 Å². The van der Waals surface area contributed by atoms with Gasteiger partial charge >= 0.3 is 0 Å². The van der Waals surface area contributed by atoms with Gasteiger partial charge in [-0.3, -0.25) is 14.5 Å². The Bertz CT molecular complexity index is 955. The summed E-state index contributed by atoms with van der Waals surface area (Å²) in [5.41, 5.74) is 0.186. The molecule has 1 aliphatic rings. The molecule has 0 saturated carbocycles. The van der Waals surface area contributed by atoms with Gasteiger partial charge < -0.3 is 14.2 Å². The number of carbonyl (C=O) groups is 1. The number of rotatable bonds is 5. The summed E-state index contributed by atoms with van der Waals surface area (Å²) in [6.45, 7) is 2.35. The van der Waals surface area contributed by atoms with Gasteiger partial charge in [0.1, 0.15) is 11.3 Å². The fraction of sp³-hybridized carbons (Fsp3) is 0.300. The van der Waals surface area contributed by atoms with Gasteiger partial charge in [0.15, 0.2) is 11.2 Å². The summed E-state index contributed by atoms with van der Waals surface area (Å²) in [6, 6.07) is 11.9. The second-order valence-electron chi connectivity index (χ2n) is 6.46. The predicted octanol–water partition coefficient (Wildman–Crippen LogP) is 2.95. The Kier molecular flexibility index (Phi) is 4.58. The Morgan fingerprint density at radius 2 is 1.96 bits per heavy atom. The monoisotopic (exact) mass is 352 g/mol. The van der Waals surface area contributed by atoms with Crippen LogP contribution in [-0.2, 0) is 0 Å². The molecule has 4 rings (SSSR count). The fourth-order valence-electron chi connectivity index (χ4n) is 3.44. The van der Waals surface area contributed by atoms with Crippen molar-refractivity contribution in [2.45, 2.75) is 18.9 Å². The molecule has 26 heavy (non-hydrogen) atoms. The Morgan fingerprint density at radius 1 is 1.15 bits per heavy atom.